The highest BCUT2D eigenvalue weighted by Gasteiger charge is 2.22. The first-order valence-corrected chi connectivity index (χ1v) is 7.24. The number of rotatable bonds is 2. The predicted octanol–water partition coefficient (Wildman–Crippen LogP) is 3.05. The van der Waals surface area contributed by atoms with E-state index in [0.29, 0.717) is 6.54 Å². The van der Waals surface area contributed by atoms with Crippen LogP contribution in [0, 0.1) is 0 Å². The third kappa shape index (κ3) is 4.47. The zero-order chi connectivity index (χ0) is 14.6. The summed E-state index contributed by atoms with van der Waals surface area (Å²) in [4.78, 5) is 19.2. The fourth-order valence-electron chi connectivity index (χ4n) is 2.33. The maximum Gasteiger partial charge on any atom is 0.533 e. The second kappa shape index (κ2) is 6.20. The van der Waals surface area contributed by atoms with Crippen LogP contribution in [0.15, 0.2) is 24.0 Å². The van der Waals surface area contributed by atoms with Crippen molar-refractivity contribution in [3.05, 3.63) is 24.0 Å². The molecule has 0 aromatic heterocycles. The van der Waals surface area contributed by atoms with Gasteiger partial charge in [-0.15, -0.1) is 0 Å². The first-order valence-electron chi connectivity index (χ1n) is 7.24. The summed E-state index contributed by atoms with van der Waals surface area (Å²) < 4.78 is 5.15. The van der Waals surface area contributed by atoms with Gasteiger partial charge in [0.15, 0.2) is 0 Å². The minimum absolute atomic E-state index is 0.540. The topological polar surface area (TPSA) is 42.0 Å². The van der Waals surface area contributed by atoms with Gasteiger partial charge < -0.3 is 14.5 Å². The van der Waals surface area contributed by atoms with Crippen LogP contribution in [0.1, 0.15) is 40.0 Å². The van der Waals surface area contributed by atoms with Crippen LogP contribution >= 0.6 is 0 Å². The highest BCUT2D eigenvalue weighted by molar-refractivity contribution is 5.60. The third-order valence-electron chi connectivity index (χ3n) is 3.20. The molecule has 0 saturated carbocycles. The molecule has 20 heavy (non-hydrogen) atoms. The van der Waals surface area contributed by atoms with Crippen molar-refractivity contribution in [2.75, 3.05) is 19.6 Å². The number of hydrogen-bond donors (Lipinski definition) is 0. The molecule has 112 valence electrons. The van der Waals surface area contributed by atoms with E-state index in [9.17, 15) is 4.79 Å². The van der Waals surface area contributed by atoms with Gasteiger partial charge >= 0.3 is 6.16 Å². The van der Waals surface area contributed by atoms with Gasteiger partial charge in [0, 0.05) is 25.0 Å². The van der Waals surface area contributed by atoms with Crippen LogP contribution < -0.4 is 0 Å². The van der Waals surface area contributed by atoms with Gasteiger partial charge in [-0.25, -0.2) is 9.86 Å². The molecule has 0 amide bonds. The SMILES string of the molecule is CC(C)(C)OC(=O)ON1C=CC=C(N2CCCCC2)C1. The standard InChI is InChI=1S/C15H24N2O3/c1-15(2,3)19-14(18)20-17-11-7-8-13(12-17)16-9-5-4-6-10-16/h7-8,11H,4-6,9-10,12H2,1-3H3. The number of likely N-dealkylation sites (tertiary alicyclic amines) is 1. The van der Waals surface area contributed by atoms with Crippen molar-refractivity contribution in [3.8, 4) is 0 Å². The van der Waals surface area contributed by atoms with E-state index in [1.807, 2.05) is 26.8 Å². The van der Waals surface area contributed by atoms with Crippen LogP contribution in [-0.4, -0.2) is 41.4 Å². The minimum Gasteiger partial charge on any atom is -0.427 e. The largest absolute Gasteiger partial charge is 0.533 e. The molecule has 2 aliphatic heterocycles. The van der Waals surface area contributed by atoms with E-state index < -0.39 is 11.8 Å². The van der Waals surface area contributed by atoms with Gasteiger partial charge in [0.2, 0.25) is 0 Å². The molecule has 5 nitrogen and oxygen atoms in total. The van der Waals surface area contributed by atoms with Gasteiger partial charge in [-0.05, 0) is 52.2 Å². The number of ether oxygens (including phenoxy) is 1. The number of carbonyl (C=O) groups excluding carboxylic acids is 1. The second-order valence-corrected chi connectivity index (χ2v) is 6.18. The summed E-state index contributed by atoms with van der Waals surface area (Å²) >= 11 is 0. The molecule has 0 N–H and O–H groups in total. The first kappa shape index (κ1) is 14.8. The second-order valence-electron chi connectivity index (χ2n) is 6.18. The summed E-state index contributed by atoms with van der Waals surface area (Å²) in [6.07, 6.45) is 8.83. The smallest absolute Gasteiger partial charge is 0.427 e. The molecule has 0 aromatic rings. The zero-order valence-corrected chi connectivity index (χ0v) is 12.6. The number of allylic oxidation sites excluding steroid dienone is 2. The van der Waals surface area contributed by atoms with E-state index >= 15 is 0 Å². The van der Waals surface area contributed by atoms with E-state index in [-0.39, 0.29) is 0 Å². The molecule has 2 heterocycles. The van der Waals surface area contributed by atoms with E-state index in [2.05, 4.69) is 11.0 Å². The third-order valence-corrected chi connectivity index (χ3v) is 3.20. The number of hydroxylamine groups is 2. The molecule has 1 fully saturated rings. The molecule has 0 spiro atoms. The van der Waals surface area contributed by atoms with Gasteiger partial charge in [-0.3, -0.25) is 0 Å². The lowest BCUT2D eigenvalue weighted by molar-refractivity contribution is -0.112. The lowest BCUT2D eigenvalue weighted by Crippen LogP contribution is -2.37. The number of carbonyl (C=O) groups is 1. The Morgan fingerprint density at radius 3 is 2.55 bits per heavy atom. The van der Waals surface area contributed by atoms with Crippen molar-refractivity contribution in [3.63, 3.8) is 0 Å². The molecular weight excluding hydrogens is 256 g/mol. The van der Waals surface area contributed by atoms with Gasteiger partial charge in [-0.1, -0.05) is 0 Å². The maximum atomic E-state index is 11.7. The fraction of sp³-hybridized carbons (Fsp3) is 0.667. The Labute approximate surface area is 120 Å². The lowest BCUT2D eigenvalue weighted by Gasteiger charge is -2.34. The predicted molar refractivity (Wildman–Crippen MR) is 76.7 cm³/mol. The molecular formula is C15H24N2O3. The van der Waals surface area contributed by atoms with Crippen LogP contribution in [0.25, 0.3) is 0 Å². The van der Waals surface area contributed by atoms with Crippen molar-refractivity contribution in [1.82, 2.24) is 9.96 Å². The molecule has 1 saturated heterocycles. The average molecular weight is 280 g/mol. The van der Waals surface area contributed by atoms with Gasteiger partial charge in [0.05, 0.1) is 6.54 Å². The molecule has 0 radical (unpaired) electrons. The van der Waals surface area contributed by atoms with Crippen molar-refractivity contribution in [1.29, 1.82) is 0 Å². The first-order chi connectivity index (χ1) is 9.44. The van der Waals surface area contributed by atoms with E-state index in [4.69, 9.17) is 9.57 Å². The molecule has 0 aromatic carbocycles. The van der Waals surface area contributed by atoms with Crippen molar-refractivity contribution >= 4 is 6.16 Å². The van der Waals surface area contributed by atoms with Gasteiger partial charge in [0.1, 0.15) is 5.60 Å². The van der Waals surface area contributed by atoms with Crippen molar-refractivity contribution in [2.24, 2.45) is 0 Å². The molecule has 0 bridgehead atoms. The Morgan fingerprint density at radius 2 is 1.90 bits per heavy atom. The zero-order valence-electron chi connectivity index (χ0n) is 12.6. The van der Waals surface area contributed by atoms with Crippen LogP contribution in [0.3, 0.4) is 0 Å². The minimum atomic E-state index is -0.665. The molecule has 0 unspecified atom stereocenters. The lowest BCUT2D eigenvalue weighted by atomic mass is 10.1. The van der Waals surface area contributed by atoms with E-state index in [1.54, 1.807) is 6.20 Å². The van der Waals surface area contributed by atoms with Crippen LogP contribution in [0.5, 0.6) is 0 Å². The van der Waals surface area contributed by atoms with E-state index in [0.717, 1.165) is 13.1 Å². The highest BCUT2D eigenvalue weighted by Crippen LogP contribution is 2.19. The van der Waals surface area contributed by atoms with Crippen LogP contribution in [0.2, 0.25) is 0 Å². The summed E-state index contributed by atoms with van der Waals surface area (Å²) in [5, 5.41) is 1.53. The number of nitrogens with zero attached hydrogens (tertiary/aromatic N) is 2. The Hall–Kier alpha value is -1.65. The van der Waals surface area contributed by atoms with Crippen LogP contribution in [-0.2, 0) is 9.57 Å². The van der Waals surface area contributed by atoms with Crippen molar-refractivity contribution < 1.29 is 14.4 Å². The highest BCUT2D eigenvalue weighted by atomic mass is 16.8. The summed E-state index contributed by atoms with van der Waals surface area (Å²) in [6.45, 7) is 8.20. The molecule has 2 rings (SSSR count). The Balaban J connectivity index is 1.85. The summed E-state index contributed by atoms with van der Waals surface area (Å²) in [5.41, 5.74) is 0.651. The normalized spacial score (nSPS) is 19.6. The molecule has 0 aliphatic carbocycles. The molecule has 0 atom stereocenters. The van der Waals surface area contributed by atoms with Crippen molar-refractivity contribution in [2.45, 2.75) is 45.6 Å². The quantitative estimate of drug-likeness (QED) is 0.727. The molecule has 5 heteroatoms. The fourth-order valence-corrected chi connectivity index (χ4v) is 2.33. The van der Waals surface area contributed by atoms with Gasteiger partial charge in [0.25, 0.3) is 0 Å². The number of hydrogen-bond acceptors (Lipinski definition) is 5. The van der Waals surface area contributed by atoms with Gasteiger partial charge in [-0.2, -0.15) is 0 Å². The Morgan fingerprint density at radius 1 is 1.20 bits per heavy atom. The summed E-state index contributed by atoms with van der Waals surface area (Å²) in [7, 11) is 0. The average Bonchev–Trinajstić information content (AvgIpc) is 2.38. The van der Waals surface area contributed by atoms with E-state index in [1.165, 1.54) is 30.0 Å². The Bertz CT molecular complexity index is 404. The van der Waals surface area contributed by atoms with Crippen LogP contribution in [0.4, 0.5) is 4.79 Å². The Kier molecular flexibility index (Phi) is 4.57. The monoisotopic (exact) mass is 280 g/mol. The molecule has 2 aliphatic rings. The number of piperidine rings is 1. The summed E-state index contributed by atoms with van der Waals surface area (Å²) in [5.74, 6) is 0. The summed E-state index contributed by atoms with van der Waals surface area (Å²) in [6, 6.07) is 0. The maximum absolute atomic E-state index is 11.7.